The number of ether oxygens (including phenoxy) is 1. The lowest BCUT2D eigenvalue weighted by atomic mass is 9.90. The Labute approximate surface area is 227 Å². The molecule has 9 heteroatoms. The molecule has 39 heavy (non-hydrogen) atoms. The van der Waals surface area contributed by atoms with E-state index in [2.05, 4.69) is 5.32 Å². The highest BCUT2D eigenvalue weighted by atomic mass is 16.5. The van der Waals surface area contributed by atoms with E-state index < -0.39 is 11.9 Å². The molecule has 3 amide bonds. The van der Waals surface area contributed by atoms with E-state index in [-0.39, 0.29) is 30.9 Å². The van der Waals surface area contributed by atoms with Gasteiger partial charge in [0, 0.05) is 32.4 Å². The number of hydrogen-bond acceptors (Lipinski definition) is 6. The minimum Gasteiger partial charge on any atom is -0.462 e. The second-order valence-corrected chi connectivity index (χ2v) is 9.22. The van der Waals surface area contributed by atoms with Gasteiger partial charge >= 0.3 is 5.97 Å². The van der Waals surface area contributed by atoms with Crippen LogP contribution < -0.4 is 10.2 Å². The molecule has 3 aromatic carbocycles. The van der Waals surface area contributed by atoms with Crippen molar-refractivity contribution < 1.29 is 23.9 Å². The van der Waals surface area contributed by atoms with E-state index in [4.69, 9.17) is 9.73 Å². The molecular formula is C30H30N4O5. The lowest BCUT2D eigenvalue weighted by Gasteiger charge is -2.22. The summed E-state index contributed by atoms with van der Waals surface area (Å²) in [6.45, 7) is 3.32. The van der Waals surface area contributed by atoms with Gasteiger partial charge in [-0.15, -0.1) is 0 Å². The number of anilines is 2. The van der Waals surface area contributed by atoms with Crippen LogP contribution >= 0.6 is 0 Å². The summed E-state index contributed by atoms with van der Waals surface area (Å²) in [5.74, 6) is -1.87. The second kappa shape index (κ2) is 11.7. The third-order valence-electron chi connectivity index (χ3n) is 6.32. The van der Waals surface area contributed by atoms with Crippen molar-refractivity contribution in [3.63, 3.8) is 0 Å². The number of aliphatic imine (C=N–C) groups is 1. The average molecular weight is 527 g/mol. The molecule has 0 bridgehead atoms. The quantitative estimate of drug-likeness (QED) is 0.350. The van der Waals surface area contributed by atoms with E-state index in [1.54, 1.807) is 63.5 Å². The van der Waals surface area contributed by atoms with Crippen LogP contribution in [0.1, 0.15) is 41.3 Å². The third-order valence-corrected chi connectivity index (χ3v) is 6.32. The molecule has 4 rings (SSSR count). The molecule has 0 aliphatic carbocycles. The van der Waals surface area contributed by atoms with Crippen molar-refractivity contribution in [3.8, 4) is 0 Å². The summed E-state index contributed by atoms with van der Waals surface area (Å²) in [5, 5.41) is 2.88. The molecule has 1 aliphatic heterocycles. The van der Waals surface area contributed by atoms with Crippen LogP contribution in [0.3, 0.4) is 0 Å². The van der Waals surface area contributed by atoms with E-state index in [1.807, 2.05) is 30.3 Å². The van der Waals surface area contributed by atoms with Crippen LogP contribution in [-0.2, 0) is 19.1 Å². The third kappa shape index (κ3) is 6.04. The first-order valence-corrected chi connectivity index (χ1v) is 12.5. The van der Waals surface area contributed by atoms with Gasteiger partial charge in [-0.1, -0.05) is 36.4 Å². The Morgan fingerprint density at radius 1 is 0.949 bits per heavy atom. The first-order chi connectivity index (χ1) is 18.7. The summed E-state index contributed by atoms with van der Waals surface area (Å²) < 4.78 is 5.09. The molecule has 1 N–H and O–H groups in total. The highest BCUT2D eigenvalue weighted by Crippen LogP contribution is 2.37. The number of carbonyl (C=O) groups excluding carboxylic acids is 4. The Morgan fingerprint density at radius 2 is 1.64 bits per heavy atom. The van der Waals surface area contributed by atoms with Crippen LogP contribution in [0.4, 0.5) is 17.1 Å². The number of hydrogen-bond donors (Lipinski definition) is 1. The van der Waals surface area contributed by atoms with Gasteiger partial charge in [0.2, 0.25) is 17.7 Å². The lowest BCUT2D eigenvalue weighted by molar-refractivity contribution is -0.129. The van der Waals surface area contributed by atoms with Gasteiger partial charge in [-0.3, -0.25) is 19.4 Å². The van der Waals surface area contributed by atoms with Crippen molar-refractivity contribution in [2.45, 2.75) is 19.8 Å². The zero-order chi connectivity index (χ0) is 28.1. The smallest absolute Gasteiger partial charge is 0.338 e. The number of nitrogens with one attached hydrogen (secondary N) is 1. The minimum atomic E-state index is -0.704. The van der Waals surface area contributed by atoms with Gasteiger partial charge in [0.1, 0.15) is 12.5 Å². The van der Waals surface area contributed by atoms with Gasteiger partial charge < -0.3 is 19.9 Å². The Hall–Kier alpha value is -4.79. The van der Waals surface area contributed by atoms with E-state index in [0.29, 0.717) is 33.9 Å². The van der Waals surface area contributed by atoms with Crippen LogP contribution in [0.2, 0.25) is 0 Å². The summed E-state index contributed by atoms with van der Waals surface area (Å²) in [4.78, 5) is 57.6. The van der Waals surface area contributed by atoms with E-state index in [9.17, 15) is 19.2 Å². The summed E-state index contributed by atoms with van der Waals surface area (Å²) in [5.41, 5.74) is 4.04. The number of nitrogens with zero attached hydrogens (tertiary/aromatic N) is 3. The molecule has 1 heterocycles. The number of rotatable bonds is 8. The Bertz CT molecular complexity index is 1430. The molecule has 0 spiro atoms. The maximum absolute atomic E-state index is 13.2. The predicted octanol–water partition coefficient (Wildman–Crippen LogP) is 4.16. The monoisotopic (exact) mass is 526 g/mol. The normalized spacial score (nSPS) is 14.3. The number of likely N-dealkylation sites (N-methyl/N-ethyl adjacent to an activating group) is 1. The molecular weight excluding hydrogens is 496 g/mol. The molecule has 3 aromatic rings. The van der Waals surface area contributed by atoms with Crippen molar-refractivity contribution in [2.75, 3.05) is 37.5 Å². The SMILES string of the molecule is CCOC(=O)c1ccc2c(c1)NC(=O)C2C(=Nc1ccc(N(CC(=O)N(C)C)C(C)=O)cc1)c1ccccc1. The fraction of sp³-hybridized carbons (Fsp3) is 0.233. The standard InChI is InChI=1S/C30H30N4O5/c1-5-39-30(38)21-11-16-24-25(17-21)32-29(37)27(24)28(20-9-7-6-8-10-20)31-22-12-14-23(15-13-22)34(19(2)35)18-26(36)33(3)4/h6-17,27H,5,18H2,1-4H3,(H,32,37). The van der Waals surface area contributed by atoms with Crippen molar-refractivity contribution in [1.82, 2.24) is 4.90 Å². The molecule has 200 valence electrons. The molecule has 0 fully saturated rings. The highest BCUT2D eigenvalue weighted by molar-refractivity contribution is 6.24. The van der Waals surface area contributed by atoms with Gasteiger partial charge in [-0.2, -0.15) is 0 Å². The Balaban J connectivity index is 1.71. The van der Waals surface area contributed by atoms with Gasteiger partial charge in [0.15, 0.2) is 0 Å². The predicted molar refractivity (Wildman–Crippen MR) is 150 cm³/mol. The fourth-order valence-electron chi connectivity index (χ4n) is 4.29. The Kier molecular flexibility index (Phi) is 8.19. The molecule has 0 saturated carbocycles. The first-order valence-electron chi connectivity index (χ1n) is 12.5. The van der Waals surface area contributed by atoms with E-state index in [0.717, 1.165) is 5.56 Å². The van der Waals surface area contributed by atoms with Gasteiger partial charge in [-0.25, -0.2) is 4.79 Å². The van der Waals surface area contributed by atoms with Crippen molar-refractivity contribution >= 4 is 46.5 Å². The molecule has 0 radical (unpaired) electrons. The fourth-order valence-corrected chi connectivity index (χ4v) is 4.29. The minimum absolute atomic E-state index is 0.0764. The number of esters is 1. The summed E-state index contributed by atoms with van der Waals surface area (Å²) in [6, 6.07) is 21.3. The second-order valence-electron chi connectivity index (χ2n) is 9.22. The van der Waals surface area contributed by atoms with Crippen LogP contribution in [0.15, 0.2) is 77.8 Å². The molecule has 0 saturated heterocycles. The zero-order valence-electron chi connectivity index (χ0n) is 22.3. The van der Waals surface area contributed by atoms with Crippen LogP contribution in [0, 0.1) is 0 Å². The van der Waals surface area contributed by atoms with E-state index >= 15 is 0 Å². The van der Waals surface area contributed by atoms with Crippen LogP contribution in [0.25, 0.3) is 0 Å². The molecule has 1 unspecified atom stereocenters. The summed E-state index contributed by atoms with van der Waals surface area (Å²) in [7, 11) is 3.27. The van der Waals surface area contributed by atoms with Crippen molar-refractivity contribution in [3.05, 3.63) is 89.5 Å². The van der Waals surface area contributed by atoms with Gasteiger partial charge in [-0.05, 0) is 54.4 Å². The van der Waals surface area contributed by atoms with Gasteiger partial charge in [0.25, 0.3) is 0 Å². The maximum atomic E-state index is 13.2. The molecule has 9 nitrogen and oxygen atoms in total. The van der Waals surface area contributed by atoms with Crippen molar-refractivity contribution in [2.24, 2.45) is 4.99 Å². The molecule has 1 atom stereocenters. The van der Waals surface area contributed by atoms with E-state index in [1.165, 1.54) is 16.7 Å². The van der Waals surface area contributed by atoms with Crippen LogP contribution in [-0.4, -0.2) is 61.5 Å². The largest absolute Gasteiger partial charge is 0.462 e. The highest BCUT2D eigenvalue weighted by Gasteiger charge is 2.36. The van der Waals surface area contributed by atoms with Gasteiger partial charge in [0.05, 0.1) is 23.6 Å². The topological polar surface area (TPSA) is 108 Å². The number of benzene rings is 3. The first kappa shape index (κ1) is 27.3. The maximum Gasteiger partial charge on any atom is 0.338 e. The van der Waals surface area contributed by atoms with Crippen LogP contribution in [0.5, 0.6) is 0 Å². The number of amides is 3. The molecule has 1 aliphatic rings. The number of fused-ring (bicyclic) bond motifs is 1. The summed E-state index contributed by atoms with van der Waals surface area (Å²) in [6.07, 6.45) is 0. The van der Waals surface area contributed by atoms with Crippen molar-refractivity contribution in [1.29, 1.82) is 0 Å². The molecule has 0 aromatic heterocycles. The average Bonchev–Trinajstić information content (AvgIpc) is 3.25. The number of carbonyl (C=O) groups is 4. The Morgan fingerprint density at radius 3 is 2.26 bits per heavy atom. The lowest BCUT2D eigenvalue weighted by Crippen LogP contribution is -2.39. The summed E-state index contributed by atoms with van der Waals surface area (Å²) >= 11 is 0. The zero-order valence-corrected chi connectivity index (χ0v) is 22.3.